The van der Waals surface area contributed by atoms with Crippen LogP contribution in [0, 0.1) is 0 Å². The lowest BCUT2D eigenvalue weighted by Crippen LogP contribution is -2.47. The molecule has 0 rings (SSSR count). The normalized spacial score (nSPS) is 13.5. The topological polar surface area (TPSA) is 27.3 Å². The summed E-state index contributed by atoms with van der Waals surface area (Å²) in [4.78, 5) is 9.69. The minimum Gasteiger partial charge on any atom is -0.336 e. The molecule has 0 saturated heterocycles. The van der Waals surface area contributed by atoms with E-state index in [1.165, 1.54) is 0 Å². The SMILES string of the molecule is CN(CCN[Si](C)(C)C)CCN[Si](C)(C)C. The van der Waals surface area contributed by atoms with E-state index in [0.29, 0.717) is 0 Å². The number of nitrogens with one attached hydrogen (secondary N) is 2. The molecule has 0 atom stereocenters. The van der Waals surface area contributed by atoms with Crippen LogP contribution in [0.5, 0.6) is 0 Å². The van der Waals surface area contributed by atoms with Crippen LogP contribution in [0.15, 0.2) is 0 Å². The van der Waals surface area contributed by atoms with Gasteiger partial charge in [0.1, 0.15) is 16.5 Å². The summed E-state index contributed by atoms with van der Waals surface area (Å²) < 4.78 is 0. The van der Waals surface area contributed by atoms with Gasteiger partial charge in [0.05, 0.1) is 0 Å². The van der Waals surface area contributed by atoms with Crippen LogP contribution < -0.4 is 9.96 Å². The number of rotatable bonds is 8. The molecule has 0 spiro atoms. The van der Waals surface area contributed by atoms with Crippen molar-refractivity contribution >= 4 is 16.5 Å². The van der Waals surface area contributed by atoms with Gasteiger partial charge in [0, 0.05) is 26.2 Å². The monoisotopic (exact) mass is 261 g/mol. The number of hydrogen-bond donors (Lipinski definition) is 2. The Morgan fingerprint density at radius 2 is 1.06 bits per heavy atom. The summed E-state index contributed by atoms with van der Waals surface area (Å²) in [5.41, 5.74) is 0. The molecule has 0 unspecified atom stereocenters. The Morgan fingerprint density at radius 3 is 1.31 bits per heavy atom. The second-order valence-corrected chi connectivity index (χ2v) is 16.4. The third kappa shape index (κ3) is 12.4. The van der Waals surface area contributed by atoms with Crippen LogP contribution in [0.1, 0.15) is 0 Å². The molecule has 0 radical (unpaired) electrons. The van der Waals surface area contributed by atoms with Gasteiger partial charge in [-0.2, -0.15) is 0 Å². The van der Waals surface area contributed by atoms with Gasteiger partial charge in [0.15, 0.2) is 0 Å². The van der Waals surface area contributed by atoms with Gasteiger partial charge in [0.25, 0.3) is 0 Å². The predicted molar refractivity (Wildman–Crippen MR) is 80.2 cm³/mol. The molecule has 0 aliphatic rings. The Morgan fingerprint density at radius 1 is 0.750 bits per heavy atom. The average molecular weight is 262 g/mol. The van der Waals surface area contributed by atoms with E-state index < -0.39 is 16.5 Å². The zero-order chi connectivity index (χ0) is 12.8. The third-order valence-corrected chi connectivity index (χ3v) is 4.92. The van der Waals surface area contributed by atoms with Crippen LogP contribution in [0.25, 0.3) is 0 Å². The van der Waals surface area contributed by atoms with Gasteiger partial charge in [-0.3, -0.25) is 0 Å². The molecule has 0 aliphatic carbocycles. The highest BCUT2D eigenvalue weighted by Gasteiger charge is 2.13. The van der Waals surface area contributed by atoms with Crippen molar-refractivity contribution in [2.75, 3.05) is 33.2 Å². The van der Waals surface area contributed by atoms with Crippen molar-refractivity contribution in [2.45, 2.75) is 39.3 Å². The Bertz CT molecular complexity index is 165. The minimum atomic E-state index is -1.07. The van der Waals surface area contributed by atoms with Gasteiger partial charge in [-0.15, -0.1) is 0 Å². The van der Waals surface area contributed by atoms with Crippen molar-refractivity contribution < 1.29 is 0 Å². The van der Waals surface area contributed by atoms with E-state index in [9.17, 15) is 0 Å². The molecule has 0 aliphatic heterocycles. The van der Waals surface area contributed by atoms with Gasteiger partial charge in [-0.1, -0.05) is 39.3 Å². The van der Waals surface area contributed by atoms with Crippen LogP contribution in [-0.2, 0) is 0 Å². The first-order valence-corrected chi connectivity index (χ1v) is 13.3. The molecule has 0 aromatic heterocycles. The van der Waals surface area contributed by atoms with Gasteiger partial charge in [-0.25, -0.2) is 0 Å². The maximum Gasteiger partial charge on any atom is 0.116 e. The standard InChI is InChI=1S/C11H31N3Si2/c1-14(10-8-12-15(2,3)4)11-9-13-16(5,6)7/h12-13H,8-11H2,1-7H3. The first-order chi connectivity index (χ1) is 7.10. The average Bonchev–Trinajstić information content (AvgIpc) is 1.98. The highest BCUT2D eigenvalue weighted by atomic mass is 28.3. The van der Waals surface area contributed by atoms with Gasteiger partial charge >= 0.3 is 0 Å². The Kier molecular flexibility index (Phi) is 7.04. The van der Waals surface area contributed by atoms with Crippen molar-refractivity contribution in [3.05, 3.63) is 0 Å². The Labute approximate surface area is 104 Å². The second-order valence-electron chi connectivity index (χ2n) is 6.66. The van der Waals surface area contributed by atoms with E-state index in [2.05, 4.69) is 61.2 Å². The molecule has 16 heavy (non-hydrogen) atoms. The molecular formula is C11H31N3Si2. The molecule has 2 N–H and O–H groups in total. The lowest BCUT2D eigenvalue weighted by molar-refractivity contribution is 0.343. The summed E-state index contributed by atoms with van der Waals surface area (Å²) >= 11 is 0. The molecule has 0 fully saturated rings. The molecule has 0 heterocycles. The van der Waals surface area contributed by atoms with E-state index in [-0.39, 0.29) is 0 Å². The Hall–Kier alpha value is 0.314. The van der Waals surface area contributed by atoms with E-state index in [4.69, 9.17) is 0 Å². The zero-order valence-corrected chi connectivity index (χ0v) is 14.3. The fourth-order valence-corrected chi connectivity index (χ4v) is 3.08. The smallest absolute Gasteiger partial charge is 0.116 e. The largest absolute Gasteiger partial charge is 0.336 e. The first-order valence-electron chi connectivity index (χ1n) is 6.29. The molecule has 5 heteroatoms. The van der Waals surface area contributed by atoms with Crippen LogP contribution in [0.2, 0.25) is 39.3 Å². The van der Waals surface area contributed by atoms with Gasteiger partial charge in [-0.05, 0) is 7.05 Å². The van der Waals surface area contributed by atoms with E-state index in [1.54, 1.807) is 0 Å². The maximum atomic E-state index is 3.64. The Balaban J connectivity index is 3.49. The van der Waals surface area contributed by atoms with Crippen molar-refractivity contribution in [3.8, 4) is 0 Å². The fourth-order valence-electron chi connectivity index (χ4n) is 1.36. The van der Waals surface area contributed by atoms with Crippen LogP contribution in [-0.4, -0.2) is 54.6 Å². The molecule has 0 bridgehead atoms. The van der Waals surface area contributed by atoms with Crippen molar-refractivity contribution in [1.82, 2.24) is 14.9 Å². The van der Waals surface area contributed by atoms with Crippen molar-refractivity contribution in [2.24, 2.45) is 0 Å². The van der Waals surface area contributed by atoms with Crippen LogP contribution >= 0.6 is 0 Å². The second kappa shape index (κ2) is 6.91. The maximum absolute atomic E-state index is 3.64. The quantitative estimate of drug-likeness (QED) is 0.652. The summed E-state index contributed by atoms with van der Waals surface area (Å²) in [7, 11) is 0.0648. The van der Waals surface area contributed by atoms with Gasteiger partial charge < -0.3 is 14.9 Å². The molecule has 0 saturated carbocycles. The molecular weight excluding hydrogens is 230 g/mol. The van der Waals surface area contributed by atoms with Gasteiger partial charge in [0.2, 0.25) is 0 Å². The van der Waals surface area contributed by atoms with Crippen LogP contribution in [0.4, 0.5) is 0 Å². The summed E-state index contributed by atoms with van der Waals surface area (Å²) in [6.07, 6.45) is 0. The molecule has 98 valence electrons. The predicted octanol–water partition coefficient (Wildman–Crippen LogP) is 1.77. The lowest BCUT2D eigenvalue weighted by Gasteiger charge is -2.24. The molecule has 0 aromatic rings. The highest BCUT2D eigenvalue weighted by molar-refractivity contribution is 6.73. The number of nitrogens with zero attached hydrogens (tertiary/aromatic N) is 1. The van der Waals surface area contributed by atoms with Crippen LogP contribution in [0.3, 0.4) is 0 Å². The number of hydrogen-bond acceptors (Lipinski definition) is 3. The van der Waals surface area contributed by atoms with E-state index in [1.807, 2.05) is 0 Å². The molecule has 0 amide bonds. The van der Waals surface area contributed by atoms with E-state index >= 15 is 0 Å². The zero-order valence-electron chi connectivity index (χ0n) is 12.3. The number of likely N-dealkylation sites (N-methyl/N-ethyl adjacent to an activating group) is 1. The molecule has 3 nitrogen and oxygen atoms in total. The van der Waals surface area contributed by atoms with Crippen molar-refractivity contribution in [1.29, 1.82) is 0 Å². The highest BCUT2D eigenvalue weighted by Crippen LogP contribution is 1.94. The first kappa shape index (κ1) is 16.3. The lowest BCUT2D eigenvalue weighted by atomic mass is 10.5. The fraction of sp³-hybridized carbons (Fsp3) is 1.00. The van der Waals surface area contributed by atoms with E-state index in [0.717, 1.165) is 26.2 Å². The summed E-state index contributed by atoms with van der Waals surface area (Å²) in [5, 5.41) is 0. The molecule has 0 aromatic carbocycles. The summed E-state index contributed by atoms with van der Waals surface area (Å²) in [5.74, 6) is 0. The summed E-state index contributed by atoms with van der Waals surface area (Å²) in [6, 6.07) is 0. The summed E-state index contributed by atoms with van der Waals surface area (Å²) in [6.45, 7) is 18.6. The van der Waals surface area contributed by atoms with Crippen molar-refractivity contribution in [3.63, 3.8) is 0 Å². The third-order valence-electron chi connectivity index (χ3n) is 2.30. The minimum absolute atomic E-state index is 1.07.